The maximum Gasteiger partial charge on any atom is 0.252 e. The number of hydrogen-bond acceptors (Lipinski definition) is 7. The summed E-state index contributed by atoms with van der Waals surface area (Å²) in [6.07, 6.45) is 3.82. The van der Waals surface area contributed by atoms with Crippen molar-refractivity contribution in [2.75, 3.05) is 18.6 Å². The van der Waals surface area contributed by atoms with Crippen molar-refractivity contribution >= 4 is 26.8 Å². The summed E-state index contributed by atoms with van der Waals surface area (Å²) in [7, 11) is -1.54. The van der Waals surface area contributed by atoms with E-state index in [-0.39, 0.29) is 23.5 Å². The third-order valence-electron chi connectivity index (χ3n) is 6.20. The van der Waals surface area contributed by atoms with Gasteiger partial charge in [0.25, 0.3) is 5.91 Å². The summed E-state index contributed by atoms with van der Waals surface area (Å²) in [4.78, 5) is 22.3. The Kier molecular flexibility index (Phi) is 5.98. The number of sulfone groups is 1. The number of rotatable bonds is 6. The number of benzene rings is 1. The number of aromatic nitrogens is 4. The summed E-state index contributed by atoms with van der Waals surface area (Å²) in [5.41, 5.74) is 3.84. The summed E-state index contributed by atoms with van der Waals surface area (Å²) >= 11 is 0. The smallest absolute Gasteiger partial charge is 0.252 e. The van der Waals surface area contributed by atoms with Crippen molar-refractivity contribution in [1.29, 1.82) is 0 Å². The van der Waals surface area contributed by atoms with Gasteiger partial charge in [0.2, 0.25) is 0 Å². The lowest BCUT2D eigenvalue weighted by Crippen LogP contribution is -2.23. The summed E-state index contributed by atoms with van der Waals surface area (Å²) in [5.74, 6) is 0.532. The number of hydrogen-bond donors (Lipinski definition) is 1. The molecule has 0 aliphatic carbocycles. The lowest BCUT2D eigenvalue weighted by Gasteiger charge is -2.13. The number of ether oxygens (including phenoxy) is 1. The maximum atomic E-state index is 13.4. The monoisotopic (exact) mass is 491 g/mol. The van der Waals surface area contributed by atoms with Crippen LogP contribution in [-0.2, 0) is 16.4 Å². The summed E-state index contributed by atoms with van der Waals surface area (Å²) in [5, 5.41) is 8.24. The predicted octanol–water partition coefficient (Wildman–Crippen LogP) is 3.10. The highest BCUT2D eigenvalue weighted by Gasteiger charge is 2.32. The number of pyridine rings is 2. The van der Waals surface area contributed by atoms with E-state index in [1.807, 2.05) is 43.3 Å². The third kappa shape index (κ3) is 4.61. The standard InChI is InChI=1S/C25H25N5O4S/c1-16-23-21(25(31)27-14-17-6-9-26-10-7-17)13-22(18-4-3-5-20(12-18)34-2)28-24(23)30(29-16)19-8-11-35(32,33)15-19/h3-7,9-10,12-13,19H,8,11,14-15H2,1-2H3,(H,27,31)/t19-/m0/s1. The van der Waals surface area contributed by atoms with Gasteiger partial charge in [-0.1, -0.05) is 12.1 Å². The number of nitrogens with one attached hydrogen (secondary N) is 1. The van der Waals surface area contributed by atoms with E-state index in [4.69, 9.17) is 9.72 Å². The normalized spacial score (nSPS) is 16.9. The molecule has 9 nitrogen and oxygen atoms in total. The van der Waals surface area contributed by atoms with Crippen LogP contribution in [0.4, 0.5) is 0 Å². The Bertz CT molecular complexity index is 1520. The molecule has 0 radical (unpaired) electrons. The summed E-state index contributed by atoms with van der Waals surface area (Å²) < 4.78 is 31.4. The minimum absolute atomic E-state index is 0.0118. The molecule has 180 valence electrons. The van der Waals surface area contributed by atoms with Crippen molar-refractivity contribution in [1.82, 2.24) is 25.1 Å². The van der Waals surface area contributed by atoms with Crippen molar-refractivity contribution in [3.05, 3.63) is 71.7 Å². The Morgan fingerprint density at radius 3 is 2.71 bits per heavy atom. The average molecular weight is 492 g/mol. The number of fused-ring (bicyclic) bond motifs is 1. The van der Waals surface area contributed by atoms with E-state index in [1.165, 1.54) is 0 Å². The van der Waals surface area contributed by atoms with Crippen LogP contribution >= 0.6 is 0 Å². The van der Waals surface area contributed by atoms with Crippen LogP contribution in [0.2, 0.25) is 0 Å². The van der Waals surface area contributed by atoms with E-state index in [9.17, 15) is 13.2 Å². The molecule has 1 N–H and O–H groups in total. The number of carbonyl (C=O) groups is 1. The fourth-order valence-corrected chi connectivity index (χ4v) is 6.12. The van der Waals surface area contributed by atoms with Gasteiger partial charge in [-0.3, -0.25) is 9.78 Å². The van der Waals surface area contributed by atoms with E-state index in [2.05, 4.69) is 15.4 Å². The summed E-state index contributed by atoms with van der Waals surface area (Å²) in [6.45, 7) is 2.16. The third-order valence-corrected chi connectivity index (χ3v) is 7.95. The van der Waals surface area contributed by atoms with Gasteiger partial charge < -0.3 is 10.1 Å². The molecule has 1 aliphatic heterocycles. The van der Waals surface area contributed by atoms with Crippen LogP contribution < -0.4 is 10.1 Å². The lowest BCUT2D eigenvalue weighted by atomic mass is 10.0. The highest BCUT2D eigenvalue weighted by Crippen LogP contribution is 2.32. The molecule has 4 aromatic rings. The van der Waals surface area contributed by atoms with E-state index >= 15 is 0 Å². The van der Waals surface area contributed by atoms with Crippen LogP contribution in [0.25, 0.3) is 22.3 Å². The van der Waals surface area contributed by atoms with E-state index < -0.39 is 9.84 Å². The number of methoxy groups -OCH3 is 1. The fraction of sp³-hybridized carbons (Fsp3) is 0.280. The van der Waals surface area contributed by atoms with Crippen molar-refractivity contribution in [3.63, 3.8) is 0 Å². The molecule has 1 atom stereocenters. The molecular formula is C25H25N5O4S. The van der Waals surface area contributed by atoms with E-state index in [1.54, 1.807) is 30.3 Å². The van der Waals surface area contributed by atoms with E-state index in [0.717, 1.165) is 11.1 Å². The van der Waals surface area contributed by atoms with Crippen LogP contribution in [0, 0.1) is 6.92 Å². The molecule has 0 unspecified atom stereocenters. The van der Waals surface area contributed by atoms with Gasteiger partial charge in [0, 0.05) is 24.5 Å². The van der Waals surface area contributed by atoms with Crippen molar-refractivity contribution < 1.29 is 17.9 Å². The quantitative estimate of drug-likeness (QED) is 0.441. The molecule has 0 bridgehead atoms. The molecule has 1 saturated heterocycles. The molecule has 4 heterocycles. The fourth-order valence-electron chi connectivity index (χ4n) is 4.42. The Balaban J connectivity index is 1.63. The van der Waals surface area contributed by atoms with Crippen LogP contribution in [0.15, 0.2) is 54.9 Å². The van der Waals surface area contributed by atoms with Crippen molar-refractivity contribution in [3.8, 4) is 17.0 Å². The van der Waals surface area contributed by atoms with Crippen molar-refractivity contribution in [2.45, 2.75) is 25.9 Å². The van der Waals surface area contributed by atoms with Gasteiger partial charge in [0.05, 0.1) is 47.0 Å². The molecule has 3 aromatic heterocycles. The van der Waals surface area contributed by atoms with Crippen LogP contribution in [-0.4, -0.2) is 52.7 Å². The SMILES string of the molecule is COc1cccc(-c2cc(C(=O)NCc3ccncc3)c3c(C)nn([C@H]4CCS(=O)(=O)C4)c3n2)c1. The largest absolute Gasteiger partial charge is 0.497 e. The molecule has 1 aromatic carbocycles. The molecule has 1 aliphatic rings. The Hall–Kier alpha value is -3.79. The second kappa shape index (κ2) is 9.10. The molecule has 0 saturated carbocycles. The zero-order valence-corrected chi connectivity index (χ0v) is 20.2. The van der Waals surface area contributed by atoms with Gasteiger partial charge in [0.1, 0.15) is 5.75 Å². The first-order chi connectivity index (χ1) is 16.8. The lowest BCUT2D eigenvalue weighted by molar-refractivity contribution is 0.0952. The minimum atomic E-state index is -3.13. The number of amides is 1. The van der Waals surface area contributed by atoms with Crippen molar-refractivity contribution in [2.24, 2.45) is 0 Å². The Labute approximate surface area is 203 Å². The predicted molar refractivity (Wildman–Crippen MR) is 132 cm³/mol. The Morgan fingerprint density at radius 2 is 2.00 bits per heavy atom. The van der Waals surface area contributed by atoms with Gasteiger partial charge in [-0.25, -0.2) is 18.1 Å². The highest BCUT2D eigenvalue weighted by molar-refractivity contribution is 7.91. The first kappa shape index (κ1) is 23.0. The highest BCUT2D eigenvalue weighted by atomic mass is 32.2. The number of carbonyl (C=O) groups excluding carboxylic acids is 1. The molecule has 10 heteroatoms. The second-order valence-electron chi connectivity index (χ2n) is 8.61. The number of nitrogens with zero attached hydrogens (tertiary/aromatic N) is 4. The first-order valence-electron chi connectivity index (χ1n) is 11.3. The van der Waals surface area contributed by atoms with Gasteiger partial charge in [0.15, 0.2) is 15.5 Å². The number of aryl methyl sites for hydroxylation is 1. The maximum absolute atomic E-state index is 13.4. The summed E-state index contributed by atoms with van der Waals surface area (Å²) in [6, 6.07) is 12.5. The second-order valence-corrected chi connectivity index (χ2v) is 10.8. The van der Waals surface area contributed by atoms with Gasteiger partial charge in [-0.05, 0) is 49.2 Å². The molecule has 1 fully saturated rings. The van der Waals surface area contributed by atoms with E-state index in [0.29, 0.717) is 46.7 Å². The molecule has 5 rings (SSSR count). The molecular weight excluding hydrogens is 466 g/mol. The van der Waals surface area contributed by atoms with Gasteiger partial charge in [-0.2, -0.15) is 5.10 Å². The van der Waals surface area contributed by atoms with Crippen LogP contribution in [0.3, 0.4) is 0 Å². The Morgan fingerprint density at radius 1 is 1.20 bits per heavy atom. The van der Waals surface area contributed by atoms with Gasteiger partial charge in [-0.15, -0.1) is 0 Å². The average Bonchev–Trinajstić information content (AvgIpc) is 3.41. The molecule has 1 amide bonds. The van der Waals surface area contributed by atoms with Crippen LogP contribution in [0.1, 0.15) is 34.1 Å². The molecule has 35 heavy (non-hydrogen) atoms. The molecule has 0 spiro atoms. The first-order valence-corrected chi connectivity index (χ1v) is 13.1. The van der Waals surface area contributed by atoms with Gasteiger partial charge >= 0.3 is 0 Å². The zero-order chi connectivity index (χ0) is 24.6. The minimum Gasteiger partial charge on any atom is -0.497 e. The zero-order valence-electron chi connectivity index (χ0n) is 19.4. The topological polar surface area (TPSA) is 116 Å². The van der Waals surface area contributed by atoms with Crippen LogP contribution in [0.5, 0.6) is 5.75 Å².